The molecule has 0 aromatic rings. The first-order chi connectivity index (χ1) is 7.66. The Hall–Kier alpha value is -0.810. The van der Waals surface area contributed by atoms with Gasteiger partial charge in [-0.1, -0.05) is 0 Å². The average molecular weight is 226 g/mol. The molecule has 2 fully saturated rings. The predicted octanol–water partition coefficient (Wildman–Crippen LogP) is -0.306. The third-order valence-electron chi connectivity index (χ3n) is 3.53. The van der Waals surface area contributed by atoms with E-state index in [-0.39, 0.29) is 6.03 Å². The highest BCUT2D eigenvalue weighted by Gasteiger charge is 2.26. The van der Waals surface area contributed by atoms with E-state index in [9.17, 15) is 4.79 Å². The maximum atomic E-state index is 11.5. The molecule has 2 amide bonds. The van der Waals surface area contributed by atoms with Crippen LogP contribution in [0.2, 0.25) is 0 Å². The summed E-state index contributed by atoms with van der Waals surface area (Å²) in [6.07, 6.45) is 1.06. The van der Waals surface area contributed by atoms with Gasteiger partial charge in [-0.25, -0.2) is 4.79 Å². The Morgan fingerprint density at radius 3 is 2.94 bits per heavy atom. The molecule has 2 atom stereocenters. The van der Waals surface area contributed by atoms with Crippen LogP contribution in [0.3, 0.4) is 0 Å². The summed E-state index contributed by atoms with van der Waals surface area (Å²) >= 11 is 0. The van der Waals surface area contributed by atoms with Gasteiger partial charge in [0.15, 0.2) is 0 Å². The molecule has 5 heteroatoms. The molecule has 2 N–H and O–H groups in total. The zero-order valence-electron chi connectivity index (χ0n) is 10.2. The maximum absolute atomic E-state index is 11.5. The Morgan fingerprint density at radius 1 is 1.50 bits per heavy atom. The molecule has 2 aliphatic rings. The second-order valence-corrected chi connectivity index (χ2v) is 4.92. The summed E-state index contributed by atoms with van der Waals surface area (Å²) in [5.41, 5.74) is 0. The molecule has 0 aromatic carbocycles. The SMILES string of the molecule is CC1CN(CCC2CNCCN2C)C(=O)N1. The molecule has 0 radical (unpaired) electrons. The number of hydrogen-bond acceptors (Lipinski definition) is 3. The van der Waals surface area contributed by atoms with E-state index in [1.165, 1.54) is 0 Å². The van der Waals surface area contributed by atoms with Crippen molar-refractivity contribution in [1.82, 2.24) is 20.4 Å². The van der Waals surface area contributed by atoms with Crippen LogP contribution in [0.15, 0.2) is 0 Å². The highest BCUT2D eigenvalue weighted by Crippen LogP contribution is 2.09. The van der Waals surface area contributed by atoms with Gasteiger partial charge in [-0.2, -0.15) is 0 Å². The lowest BCUT2D eigenvalue weighted by Crippen LogP contribution is -2.50. The zero-order chi connectivity index (χ0) is 11.5. The van der Waals surface area contributed by atoms with Crippen molar-refractivity contribution in [1.29, 1.82) is 0 Å². The van der Waals surface area contributed by atoms with E-state index in [0.717, 1.165) is 39.1 Å². The van der Waals surface area contributed by atoms with Crippen LogP contribution in [-0.2, 0) is 0 Å². The monoisotopic (exact) mass is 226 g/mol. The van der Waals surface area contributed by atoms with Crippen molar-refractivity contribution in [3.8, 4) is 0 Å². The molecule has 0 spiro atoms. The predicted molar refractivity (Wildman–Crippen MR) is 63.5 cm³/mol. The largest absolute Gasteiger partial charge is 0.334 e. The molecule has 0 aromatic heterocycles. The van der Waals surface area contributed by atoms with Gasteiger partial charge in [0.1, 0.15) is 0 Å². The van der Waals surface area contributed by atoms with Crippen molar-refractivity contribution in [2.24, 2.45) is 0 Å². The van der Waals surface area contributed by atoms with Crippen molar-refractivity contribution < 1.29 is 4.79 Å². The first-order valence-electron chi connectivity index (χ1n) is 6.13. The van der Waals surface area contributed by atoms with Crippen molar-refractivity contribution in [2.45, 2.75) is 25.4 Å². The maximum Gasteiger partial charge on any atom is 0.317 e. The van der Waals surface area contributed by atoms with E-state index in [4.69, 9.17) is 0 Å². The van der Waals surface area contributed by atoms with Crippen LogP contribution in [0.4, 0.5) is 4.79 Å². The Balaban J connectivity index is 1.76. The smallest absolute Gasteiger partial charge is 0.317 e. The van der Waals surface area contributed by atoms with Gasteiger partial charge in [0.05, 0.1) is 0 Å². The molecule has 16 heavy (non-hydrogen) atoms. The third kappa shape index (κ3) is 2.65. The van der Waals surface area contributed by atoms with Crippen LogP contribution in [0, 0.1) is 0 Å². The lowest BCUT2D eigenvalue weighted by atomic mass is 10.1. The summed E-state index contributed by atoms with van der Waals surface area (Å²) in [4.78, 5) is 15.8. The third-order valence-corrected chi connectivity index (χ3v) is 3.53. The molecule has 2 unspecified atom stereocenters. The standard InChI is InChI=1S/C11H22N4O/c1-9-8-15(11(16)13-9)5-3-10-7-12-4-6-14(10)2/h9-10,12H,3-8H2,1-2H3,(H,13,16). The van der Waals surface area contributed by atoms with Crippen molar-refractivity contribution in [2.75, 3.05) is 39.8 Å². The lowest BCUT2D eigenvalue weighted by molar-refractivity contribution is 0.171. The van der Waals surface area contributed by atoms with Crippen LogP contribution in [-0.4, -0.2) is 67.7 Å². The van der Waals surface area contributed by atoms with E-state index in [0.29, 0.717) is 12.1 Å². The molecule has 0 aliphatic carbocycles. The molecule has 2 aliphatic heterocycles. The Morgan fingerprint density at radius 2 is 2.31 bits per heavy atom. The van der Waals surface area contributed by atoms with Gasteiger partial charge in [0.2, 0.25) is 0 Å². The molecule has 2 saturated heterocycles. The zero-order valence-corrected chi connectivity index (χ0v) is 10.2. The van der Waals surface area contributed by atoms with Crippen LogP contribution in [0.5, 0.6) is 0 Å². The van der Waals surface area contributed by atoms with Gasteiger partial charge < -0.3 is 20.4 Å². The average Bonchev–Trinajstić information content (AvgIpc) is 2.56. The Bertz CT molecular complexity index is 258. The second kappa shape index (κ2) is 5.01. The van der Waals surface area contributed by atoms with E-state index in [1.807, 2.05) is 11.8 Å². The van der Waals surface area contributed by atoms with Gasteiger partial charge in [0.25, 0.3) is 0 Å². The van der Waals surface area contributed by atoms with E-state index < -0.39 is 0 Å². The number of carbonyl (C=O) groups excluding carboxylic acids is 1. The van der Waals surface area contributed by atoms with Crippen LogP contribution < -0.4 is 10.6 Å². The Kier molecular flexibility index (Phi) is 3.66. The summed E-state index contributed by atoms with van der Waals surface area (Å²) in [6, 6.07) is 0.964. The minimum Gasteiger partial charge on any atom is -0.334 e. The summed E-state index contributed by atoms with van der Waals surface area (Å²) in [7, 11) is 2.16. The van der Waals surface area contributed by atoms with Gasteiger partial charge in [-0.3, -0.25) is 0 Å². The number of nitrogens with zero attached hydrogens (tertiary/aromatic N) is 2. The van der Waals surface area contributed by atoms with Crippen molar-refractivity contribution in [3.05, 3.63) is 0 Å². The fourth-order valence-electron chi connectivity index (χ4n) is 2.44. The number of hydrogen-bond donors (Lipinski definition) is 2. The van der Waals surface area contributed by atoms with Gasteiger partial charge in [-0.15, -0.1) is 0 Å². The van der Waals surface area contributed by atoms with Crippen LogP contribution >= 0.6 is 0 Å². The number of rotatable bonds is 3. The topological polar surface area (TPSA) is 47.6 Å². The van der Waals surface area contributed by atoms with Gasteiger partial charge >= 0.3 is 6.03 Å². The highest BCUT2D eigenvalue weighted by atomic mass is 16.2. The fourth-order valence-corrected chi connectivity index (χ4v) is 2.44. The lowest BCUT2D eigenvalue weighted by Gasteiger charge is -2.33. The minimum atomic E-state index is 0.0962. The first-order valence-corrected chi connectivity index (χ1v) is 6.13. The quantitative estimate of drug-likeness (QED) is 0.694. The molecule has 92 valence electrons. The highest BCUT2D eigenvalue weighted by molar-refractivity contribution is 5.76. The fraction of sp³-hybridized carbons (Fsp3) is 0.909. The van der Waals surface area contributed by atoms with Crippen molar-refractivity contribution in [3.63, 3.8) is 0 Å². The Labute approximate surface area is 97.2 Å². The second-order valence-electron chi connectivity index (χ2n) is 4.92. The summed E-state index contributed by atoms with van der Waals surface area (Å²) in [6.45, 7) is 6.99. The summed E-state index contributed by atoms with van der Waals surface area (Å²) in [5.74, 6) is 0. The number of urea groups is 1. The van der Waals surface area contributed by atoms with Crippen LogP contribution in [0.25, 0.3) is 0 Å². The van der Waals surface area contributed by atoms with Crippen molar-refractivity contribution >= 4 is 6.03 Å². The van der Waals surface area contributed by atoms with Gasteiger partial charge in [0, 0.05) is 44.8 Å². The number of piperazine rings is 1. The molecule has 0 saturated carbocycles. The molecular formula is C11H22N4O. The molecule has 2 heterocycles. The minimum absolute atomic E-state index is 0.0962. The van der Waals surface area contributed by atoms with Gasteiger partial charge in [-0.05, 0) is 20.4 Å². The normalized spacial score (nSPS) is 31.9. The summed E-state index contributed by atoms with van der Waals surface area (Å²) < 4.78 is 0. The van der Waals surface area contributed by atoms with Crippen LogP contribution in [0.1, 0.15) is 13.3 Å². The first kappa shape index (κ1) is 11.7. The number of amides is 2. The number of nitrogens with one attached hydrogen (secondary N) is 2. The number of likely N-dealkylation sites (N-methyl/N-ethyl adjacent to an activating group) is 1. The van der Waals surface area contributed by atoms with E-state index in [2.05, 4.69) is 22.6 Å². The molecule has 0 bridgehead atoms. The van der Waals surface area contributed by atoms with E-state index >= 15 is 0 Å². The molecular weight excluding hydrogens is 204 g/mol. The van der Waals surface area contributed by atoms with E-state index in [1.54, 1.807) is 0 Å². The number of carbonyl (C=O) groups is 1. The molecule has 5 nitrogen and oxygen atoms in total. The molecule has 2 rings (SSSR count). The summed E-state index contributed by atoms with van der Waals surface area (Å²) in [5, 5.41) is 6.32.